The van der Waals surface area contributed by atoms with E-state index in [4.69, 9.17) is 9.47 Å². The van der Waals surface area contributed by atoms with Gasteiger partial charge in [-0.05, 0) is 42.1 Å². The van der Waals surface area contributed by atoms with Gasteiger partial charge in [-0.1, -0.05) is 46.3 Å². The van der Waals surface area contributed by atoms with Crippen molar-refractivity contribution in [2.24, 2.45) is 0 Å². The van der Waals surface area contributed by atoms with Gasteiger partial charge in [-0.2, -0.15) is 0 Å². The molecule has 23 heavy (non-hydrogen) atoms. The van der Waals surface area contributed by atoms with Crippen molar-refractivity contribution in [2.45, 2.75) is 6.92 Å². The van der Waals surface area contributed by atoms with Crippen molar-refractivity contribution < 1.29 is 14.3 Å². The first-order valence-corrected chi connectivity index (χ1v) is 7.93. The quantitative estimate of drug-likeness (QED) is 0.473. The zero-order valence-electron chi connectivity index (χ0n) is 12.8. The highest BCUT2D eigenvalue weighted by molar-refractivity contribution is 9.10. The lowest BCUT2D eigenvalue weighted by molar-refractivity contribution is 0.0731. The van der Waals surface area contributed by atoms with E-state index in [0.717, 1.165) is 20.8 Å². The van der Waals surface area contributed by atoms with Gasteiger partial charge >= 0.3 is 5.97 Å². The van der Waals surface area contributed by atoms with Crippen LogP contribution >= 0.6 is 15.9 Å². The van der Waals surface area contributed by atoms with Crippen molar-refractivity contribution in [3.63, 3.8) is 0 Å². The number of methoxy groups -OCH3 is 1. The van der Waals surface area contributed by atoms with Gasteiger partial charge in [0, 0.05) is 9.86 Å². The molecule has 0 unspecified atom stereocenters. The van der Waals surface area contributed by atoms with E-state index < -0.39 is 5.97 Å². The number of aryl methyl sites for hydroxylation is 1. The molecule has 0 fully saturated rings. The molecular formula is C19H15BrO3. The Balaban J connectivity index is 2.12. The topological polar surface area (TPSA) is 35.5 Å². The van der Waals surface area contributed by atoms with Gasteiger partial charge in [-0.25, -0.2) is 4.79 Å². The minimum atomic E-state index is -0.424. The standard InChI is InChI=1S/C19H15BrO3/c1-12-10-13-8-9-14(20)11-16(13)18(22-2)17(12)19(21)23-15-6-4-3-5-7-15/h3-11H,1-2H3. The number of para-hydroxylation sites is 1. The highest BCUT2D eigenvalue weighted by Crippen LogP contribution is 2.35. The second-order valence-electron chi connectivity index (χ2n) is 5.17. The molecule has 0 aliphatic carbocycles. The van der Waals surface area contributed by atoms with Crippen LogP contribution in [0.25, 0.3) is 10.8 Å². The molecule has 0 atom stereocenters. The number of benzene rings is 3. The van der Waals surface area contributed by atoms with E-state index in [1.165, 1.54) is 0 Å². The number of hydrogen-bond acceptors (Lipinski definition) is 3. The maximum atomic E-state index is 12.6. The fourth-order valence-corrected chi connectivity index (χ4v) is 2.94. The van der Waals surface area contributed by atoms with Crippen molar-refractivity contribution >= 4 is 32.7 Å². The van der Waals surface area contributed by atoms with Gasteiger partial charge in [0.05, 0.1) is 7.11 Å². The van der Waals surface area contributed by atoms with Crippen LogP contribution in [0.1, 0.15) is 15.9 Å². The lowest BCUT2D eigenvalue weighted by atomic mass is 10.00. The smallest absolute Gasteiger partial charge is 0.347 e. The molecule has 0 spiro atoms. The monoisotopic (exact) mass is 370 g/mol. The predicted molar refractivity (Wildman–Crippen MR) is 94.3 cm³/mol. The number of rotatable bonds is 3. The molecule has 0 saturated carbocycles. The summed E-state index contributed by atoms with van der Waals surface area (Å²) < 4.78 is 11.9. The predicted octanol–water partition coefficient (Wildman–Crippen LogP) is 5.14. The average molecular weight is 371 g/mol. The third kappa shape index (κ3) is 3.08. The summed E-state index contributed by atoms with van der Waals surface area (Å²) in [4.78, 5) is 12.6. The molecule has 0 aromatic heterocycles. The number of esters is 1. The number of hydrogen-bond donors (Lipinski definition) is 0. The molecule has 0 amide bonds. The van der Waals surface area contributed by atoms with Gasteiger partial charge in [0.15, 0.2) is 0 Å². The maximum Gasteiger partial charge on any atom is 0.347 e. The van der Waals surface area contributed by atoms with Crippen molar-refractivity contribution in [3.8, 4) is 11.5 Å². The molecule has 3 aromatic carbocycles. The minimum Gasteiger partial charge on any atom is -0.495 e. The Morgan fingerprint density at radius 2 is 1.78 bits per heavy atom. The van der Waals surface area contributed by atoms with Crippen LogP contribution in [0, 0.1) is 6.92 Å². The van der Waals surface area contributed by atoms with Crippen molar-refractivity contribution in [2.75, 3.05) is 7.11 Å². The molecule has 116 valence electrons. The zero-order chi connectivity index (χ0) is 16.4. The molecule has 4 heteroatoms. The molecule has 0 saturated heterocycles. The van der Waals surface area contributed by atoms with E-state index in [1.807, 2.05) is 49.4 Å². The van der Waals surface area contributed by atoms with E-state index in [1.54, 1.807) is 19.2 Å². The average Bonchev–Trinajstić information content (AvgIpc) is 2.54. The molecule has 3 nitrogen and oxygen atoms in total. The van der Waals surface area contributed by atoms with Gasteiger partial charge in [-0.15, -0.1) is 0 Å². The van der Waals surface area contributed by atoms with Crippen LogP contribution in [0.5, 0.6) is 11.5 Å². The summed E-state index contributed by atoms with van der Waals surface area (Å²) in [6.07, 6.45) is 0. The van der Waals surface area contributed by atoms with E-state index in [-0.39, 0.29) is 0 Å². The largest absolute Gasteiger partial charge is 0.495 e. The molecule has 0 aliphatic heterocycles. The lowest BCUT2D eigenvalue weighted by Gasteiger charge is -2.14. The number of halogens is 1. The van der Waals surface area contributed by atoms with Crippen molar-refractivity contribution in [3.05, 3.63) is 70.2 Å². The molecule has 0 radical (unpaired) electrons. The Hall–Kier alpha value is -2.33. The van der Waals surface area contributed by atoms with Gasteiger partial charge in [0.2, 0.25) is 0 Å². The lowest BCUT2D eigenvalue weighted by Crippen LogP contribution is -2.12. The molecule has 0 aliphatic rings. The Morgan fingerprint density at radius 1 is 1.04 bits per heavy atom. The summed E-state index contributed by atoms with van der Waals surface area (Å²) >= 11 is 3.46. The van der Waals surface area contributed by atoms with Crippen LogP contribution in [0.3, 0.4) is 0 Å². The second-order valence-corrected chi connectivity index (χ2v) is 6.09. The highest BCUT2D eigenvalue weighted by atomic mass is 79.9. The van der Waals surface area contributed by atoms with Crippen molar-refractivity contribution in [1.29, 1.82) is 0 Å². The first kappa shape index (κ1) is 15.6. The maximum absolute atomic E-state index is 12.6. The second kappa shape index (κ2) is 6.42. The normalized spacial score (nSPS) is 10.6. The third-order valence-electron chi connectivity index (χ3n) is 3.62. The van der Waals surface area contributed by atoms with Crippen LogP contribution in [-0.4, -0.2) is 13.1 Å². The van der Waals surface area contributed by atoms with Gasteiger partial charge in [0.25, 0.3) is 0 Å². The molecule has 0 N–H and O–H groups in total. The molecular weight excluding hydrogens is 356 g/mol. The SMILES string of the molecule is COc1c(C(=O)Oc2ccccc2)c(C)cc2ccc(Br)cc12. The summed E-state index contributed by atoms with van der Waals surface area (Å²) in [6, 6.07) is 16.9. The number of ether oxygens (including phenoxy) is 2. The van der Waals surface area contributed by atoms with E-state index in [0.29, 0.717) is 17.1 Å². The Morgan fingerprint density at radius 3 is 2.48 bits per heavy atom. The van der Waals surface area contributed by atoms with E-state index >= 15 is 0 Å². The number of carbonyl (C=O) groups is 1. The van der Waals surface area contributed by atoms with Crippen LogP contribution in [-0.2, 0) is 0 Å². The molecule has 3 rings (SSSR count). The fraction of sp³-hybridized carbons (Fsp3) is 0.105. The Kier molecular flexibility index (Phi) is 4.35. The van der Waals surface area contributed by atoms with Gasteiger partial charge in [-0.3, -0.25) is 0 Å². The first-order valence-electron chi connectivity index (χ1n) is 7.14. The van der Waals surface area contributed by atoms with Crippen LogP contribution in [0.2, 0.25) is 0 Å². The summed E-state index contributed by atoms with van der Waals surface area (Å²) in [5.41, 5.74) is 1.26. The fourth-order valence-electron chi connectivity index (χ4n) is 2.58. The van der Waals surface area contributed by atoms with Gasteiger partial charge < -0.3 is 9.47 Å². The van der Waals surface area contributed by atoms with E-state index in [2.05, 4.69) is 15.9 Å². The van der Waals surface area contributed by atoms with Crippen LogP contribution < -0.4 is 9.47 Å². The van der Waals surface area contributed by atoms with Gasteiger partial charge in [0.1, 0.15) is 17.1 Å². The number of fused-ring (bicyclic) bond motifs is 1. The number of carbonyl (C=O) groups excluding carboxylic acids is 1. The van der Waals surface area contributed by atoms with Crippen LogP contribution in [0.15, 0.2) is 59.1 Å². The summed E-state index contributed by atoms with van der Waals surface area (Å²) in [5, 5.41) is 1.88. The zero-order valence-corrected chi connectivity index (χ0v) is 14.4. The molecule has 3 aromatic rings. The highest BCUT2D eigenvalue weighted by Gasteiger charge is 2.20. The third-order valence-corrected chi connectivity index (χ3v) is 4.11. The van der Waals surface area contributed by atoms with Crippen molar-refractivity contribution in [1.82, 2.24) is 0 Å². The molecule has 0 bridgehead atoms. The Labute approximate surface area is 143 Å². The van der Waals surface area contributed by atoms with Crippen LogP contribution in [0.4, 0.5) is 0 Å². The summed E-state index contributed by atoms with van der Waals surface area (Å²) in [6.45, 7) is 1.88. The van der Waals surface area contributed by atoms with E-state index in [9.17, 15) is 4.79 Å². The Bertz CT molecular complexity index is 873. The summed E-state index contributed by atoms with van der Waals surface area (Å²) in [5.74, 6) is 0.614. The molecule has 0 heterocycles. The minimum absolute atomic E-state index is 0.424. The summed E-state index contributed by atoms with van der Waals surface area (Å²) in [7, 11) is 1.56. The first-order chi connectivity index (χ1) is 11.1.